The predicted molar refractivity (Wildman–Crippen MR) is 35.4 cm³/mol. The fourth-order valence-electron chi connectivity index (χ4n) is 0.412. The van der Waals surface area contributed by atoms with E-state index in [9.17, 15) is 13.2 Å². The Kier molecular flexibility index (Phi) is 3.72. The Balaban J connectivity index is 0.000000561. The van der Waals surface area contributed by atoms with Crippen molar-refractivity contribution in [3.8, 4) is 0 Å². The van der Waals surface area contributed by atoms with Gasteiger partial charge in [0.05, 0.1) is 0 Å². The third-order valence-corrected chi connectivity index (χ3v) is 0.770. The third kappa shape index (κ3) is 2.89. The molecule has 0 unspecified atom stereocenters. The summed E-state index contributed by atoms with van der Waals surface area (Å²) < 4.78 is 38.7. The summed E-state index contributed by atoms with van der Waals surface area (Å²) in [7, 11) is 0. The maximum Gasteiger partial charge on any atom is 0.471 e. The van der Waals surface area contributed by atoms with Crippen LogP contribution in [0.5, 0.6) is 0 Å². The lowest BCUT2D eigenvalue weighted by Gasteiger charge is -1.95. The van der Waals surface area contributed by atoms with E-state index in [1.54, 1.807) is 0 Å². The molecule has 1 heterocycles. The maximum atomic E-state index is 11.6. The van der Waals surface area contributed by atoms with Crippen molar-refractivity contribution in [2.24, 2.45) is 0 Å². The van der Waals surface area contributed by atoms with Crippen LogP contribution in [0.1, 0.15) is 25.6 Å². The minimum Gasteiger partial charge on any atom is -0.329 e. The molecule has 0 saturated carbocycles. The predicted octanol–water partition coefficient (Wildman–Crippen LogP) is 2.42. The van der Waals surface area contributed by atoms with Gasteiger partial charge in [0.25, 0.3) is 0 Å². The van der Waals surface area contributed by atoms with E-state index in [4.69, 9.17) is 0 Å². The zero-order valence-corrected chi connectivity index (χ0v) is 6.94. The molecule has 1 aromatic rings. The SMILES string of the molecule is CC.Cc1noc(C(F)(F)F)n1. The summed E-state index contributed by atoms with van der Waals surface area (Å²) in [5.74, 6) is -1.32. The minimum atomic E-state index is -4.53. The van der Waals surface area contributed by atoms with Crippen LogP contribution >= 0.6 is 0 Å². The van der Waals surface area contributed by atoms with Crippen LogP contribution in [0.15, 0.2) is 4.52 Å². The molecule has 0 fully saturated rings. The highest BCUT2D eigenvalue weighted by molar-refractivity contribution is 4.86. The number of nitrogens with zero attached hydrogens (tertiary/aromatic N) is 2. The topological polar surface area (TPSA) is 38.9 Å². The van der Waals surface area contributed by atoms with Gasteiger partial charge in [-0.25, -0.2) is 0 Å². The summed E-state index contributed by atoms with van der Waals surface area (Å²) >= 11 is 0. The number of alkyl halides is 3. The van der Waals surface area contributed by atoms with Crippen molar-refractivity contribution < 1.29 is 17.7 Å². The summed E-state index contributed by atoms with van der Waals surface area (Å²) in [6.45, 7) is 5.32. The number of hydrogen-bond acceptors (Lipinski definition) is 3. The number of aryl methyl sites for hydroxylation is 1. The summed E-state index contributed by atoms with van der Waals surface area (Å²) in [5.41, 5.74) is 0. The van der Waals surface area contributed by atoms with Gasteiger partial charge in [0.1, 0.15) is 0 Å². The number of halogens is 3. The average Bonchev–Trinajstić information content (AvgIpc) is 2.39. The second-order valence-corrected chi connectivity index (χ2v) is 1.64. The summed E-state index contributed by atoms with van der Waals surface area (Å²) in [6.07, 6.45) is -4.53. The van der Waals surface area contributed by atoms with Gasteiger partial charge in [0.15, 0.2) is 5.82 Å². The first-order valence-electron chi connectivity index (χ1n) is 3.37. The van der Waals surface area contributed by atoms with Crippen molar-refractivity contribution in [1.29, 1.82) is 0 Å². The highest BCUT2D eigenvalue weighted by Gasteiger charge is 2.37. The lowest BCUT2D eigenvalue weighted by molar-refractivity contribution is -0.159. The molecule has 0 amide bonds. The molecular formula is C6H9F3N2O. The molecule has 0 atom stereocenters. The first-order valence-corrected chi connectivity index (χ1v) is 3.37. The van der Waals surface area contributed by atoms with E-state index in [0.29, 0.717) is 0 Å². The fourth-order valence-corrected chi connectivity index (χ4v) is 0.412. The van der Waals surface area contributed by atoms with Gasteiger partial charge in [-0.05, 0) is 6.92 Å². The lowest BCUT2D eigenvalue weighted by Crippen LogP contribution is -2.04. The highest BCUT2D eigenvalue weighted by atomic mass is 19.4. The Morgan fingerprint density at radius 3 is 1.92 bits per heavy atom. The van der Waals surface area contributed by atoms with Crippen molar-refractivity contribution in [2.45, 2.75) is 26.9 Å². The van der Waals surface area contributed by atoms with Gasteiger partial charge >= 0.3 is 12.1 Å². The van der Waals surface area contributed by atoms with Crippen LogP contribution < -0.4 is 0 Å². The number of hydrogen-bond donors (Lipinski definition) is 0. The van der Waals surface area contributed by atoms with Crippen molar-refractivity contribution >= 4 is 0 Å². The Bertz CT molecular complexity index is 231. The Hall–Kier alpha value is -1.07. The molecule has 0 spiro atoms. The Morgan fingerprint density at radius 1 is 1.25 bits per heavy atom. The van der Waals surface area contributed by atoms with Crippen molar-refractivity contribution in [1.82, 2.24) is 10.1 Å². The minimum absolute atomic E-state index is 0.0210. The zero-order chi connectivity index (χ0) is 9.78. The van der Waals surface area contributed by atoms with Crippen LogP contribution in [0, 0.1) is 6.92 Å². The van der Waals surface area contributed by atoms with Crippen LogP contribution in [0.3, 0.4) is 0 Å². The molecule has 0 aliphatic carbocycles. The molecule has 0 aromatic carbocycles. The number of rotatable bonds is 0. The van der Waals surface area contributed by atoms with Crippen LogP contribution in [0.2, 0.25) is 0 Å². The first kappa shape index (κ1) is 10.9. The average molecular weight is 182 g/mol. The monoisotopic (exact) mass is 182 g/mol. The van der Waals surface area contributed by atoms with E-state index in [2.05, 4.69) is 14.7 Å². The molecular weight excluding hydrogens is 173 g/mol. The second-order valence-electron chi connectivity index (χ2n) is 1.64. The van der Waals surface area contributed by atoms with E-state index in [1.165, 1.54) is 6.92 Å². The van der Waals surface area contributed by atoms with Crippen LogP contribution in [-0.4, -0.2) is 10.1 Å². The zero-order valence-electron chi connectivity index (χ0n) is 6.94. The molecule has 0 aliphatic heterocycles. The van der Waals surface area contributed by atoms with Crippen molar-refractivity contribution in [3.05, 3.63) is 11.7 Å². The lowest BCUT2D eigenvalue weighted by atomic mass is 10.6. The third-order valence-electron chi connectivity index (χ3n) is 0.770. The van der Waals surface area contributed by atoms with Gasteiger partial charge < -0.3 is 4.52 Å². The first-order chi connectivity index (χ1) is 5.50. The number of aromatic nitrogens is 2. The fraction of sp³-hybridized carbons (Fsp3) is 0.667. The van der Waals surface area contributed by atoms with E-state index >= 15 is 0 Å². The largest absolute Gasteiger partial charge is 0.471 e. The van der Waals surface area contributed by atoms with Gasteiger partial charge in [0.2, 0.25) is 0 Å². The van der Waals surface area contributed by atoms with E-state index in [0.717, 1.165) is 0 Å². The van der Waals surface area contributed by atoms with E-state index in [1.807, 2.05) is 13.8 Å². The molecule has 12 heavy (non-hydrogen) atoms. The second kappa shape index (κ2) is 4.08. The van der Waals surface area contributed by atoms with Gasteiger partial charge in [-0.3, -0.25) is 0 Å². The van der Waals surface area contributed by atoms with E-state index in [-0.39, 0.29) is 5.82 Å². The van der Waals surface area contributed by atoms with Gasteiger partial charge in [-0.2, -0.15) is 18.2 Å². The normalized spacial score (nSPS) is 10.5. The molecule has 1 aromatic heterocycles. The molecule has 70 valence electrons. The maximum absolute atomic E-state index is 11.6. The Morgan fingerprint density at radius 2 is 1.75 bits per heavy atom. The van der Waals surface area contributed by atoms with Gasteiger partial charge in [-0.15, -0.1) is 0 Å². The smallest absolute Gasteiger partial charge is 0.329 e. The van der Waals surface area contributed by atoms with Crippen LogP contribution in [0.4, 0.5) is 13.2 Å². The molecule has 1 rings (SSSR count). The van der Waals surface area contributed by atoms with Crippen molar-refractivity contribution in [2.75, 3.05) is 0 Å². The summed E-state index contributed by atoms with van der Waals surface area (Å²) in [4.78, 5) is 2.98. The molecule has 0 radical (unpaired) electrons. The van der Waals surface area contributed by atoms with Gasteiger partial charge in [0, 0.05) is 0 Å². The van der Waals surface area contributed by atoms with Crippen molar-refractivity contribution in [3.63, 3.8) is 0 Å². The molecule has 0 saturated heterocycles. The van der Waals surface area contributed by atoms with E-state index < -0.39 is 12.1 Å². The molecule has 3 nitrogen and oxygen atoms in total. The van der Waals surface area contributed by atoms with Crippen LogP contribution in [-0.2, 0) is 6.18 Å². The summed E-state index contributed by atoms with van der Waals surface area (Å²) in [6, 6.07) is 0. The standard InChI is InChI=1S/C4H3F3N2O.C2H6/c1-2-8-3(10-9-2)4(5,6)7;1-2/h1H3;1-2H3. The van der Waals surface area contributed by atoms with Crippen LogP contribution in [0.25, 0.3) is 0 Å². The Labute approximate surface area is 67.6 Å². The molecule has 0 N–H and O–H groups in total. The highest BCUT2D eigenvalue weighted by Crippen LogP contribution is 2.26. The van der Waals surface area contributed by atoms with Gasteiger partial charge in [-0.1, -0.05) is 19.0 Å². The quantitative estimate of drug-likeness (QED) is 0.618. The molecule has 6 heteroatoms. The summed E-state index contributed by atoms with van der Waals surface area (Å²) in [5, 5.41) is 2.98. The molecule has 0 bridgehead atoms. The molecule has 0 aliphatic rings.